The second-order valence-corrected chi connectivity index (χ2v) is 4.61. The van der Waals surface area contributed by atoms with Crippen molar-refractivity contribution < 1.29 is 9.59 Å². The van der Waals surface area contributed by atoms with Crippen LogP contribution in [0.1, 0.15) is 12.8 Å². The fraction of sp³-hybridized carbons (Fsp3) is 0.500. The molecule has 1 aromatic heterocycles. The second-order valence-electron chi connectivity index (χ2n) is 4.27. The van der Waals surface area contributed by atoms with Crippen LogP contribution in [0, 0.1) is 0 Å². The molecule has 1 atom stereocenters. The van der Waals surface area contributed by atoms with Gasteiger partial charge in [0.25, 0.3) is 0 Å². The van der Waals surface area contributed by atoms with E-state index in [0.717, 1.165) is 0 Å². The quantitative estimate of drug-likeness (QED) is 0.742. The predicted octanol–water partition coefficient (Wildman–Crippen LogP) is -0.192. The molecule has 2 N–H and O–H groups in total. The molecule has 1 saturated heterocycles. The average Bonchev–Trinajstić information content (AvgIpc) is 2.32. The van der Waals surface area contributed by atoms with Gasteiger partial charge in [-0.05, 0) is 18.0 Å². The van der Waals surface area contributed by atoms with Crippen LogP contribution >= 0.6 is 11.6 Å². The van der Waals surface area contributed by atoms with Gasteiger partial charge in [0.1, 0.15) is 6.04 Å². The Kier molecular flexibility index (Phi) is 3.79. The largest absolute Gasteiger partial charge is 0.347 e. The lowest BCUT2D eigenvalue weighted by Crippen LogP contribution is -2.47. The summed E-state index contributed by atoms with van der Waals surface area (Å²) in [6.07, 6.45) is 0.675. The van der Waals surface area contributed by atoms with Crippen LogP contribution in [-0.2, 0) is 9.59 Å². The Hall–Kier alpha value is -1.96. The van der Waals surface area contributed by atoms with Crippen LogP contribution < -0.4 is 15.5 Å². The van der Waals surface area contributed by atoms with E-state index < -0.39 is 6.04 Å². The third-order valence-corrected chi connectivity index (χ3v) is 2.71. The first kappa shape index (κ1) is 13.5. The van der Waals surface area contributed by atoms with E-state index in [0.29, 0.717) is 12.4 Å². The number of imide groups is 1. The molecule has 1 aliphatic rings. The number of halogens is 1. The number of rotatable bonds is 3. The van der Waals surface area contributed by atoms with Crippen LogP contribution in [0.2, 0.25) is 5.28 Å². The van der Waals surface area contributed by atoms with E-state index in [9.17, 15) is 9.59 Å². The number of carbonyl (C=O) groups is 2. The van der Waals surface area contributed by atoms with Crippen molar-refractivity contribution in [1.29, 1.82) is 0 Å². The molecule has 0 saturated carbocycles. The molecule has 19 heavy (non-hydrogen) atoms. The number of carbonyl (C=O) groups excluding carboxylic acids is 2. The Balaban J connectivity index is 2.14. The van der Waals surface area contributed by atoms with Crippen molar-refractivity contribution in [2.24, 2.45) is 0 Å². The Bertz CT molecular complexity index is 521. The molecule has 0 aliphatic carbocycles. The van der Waals surface area contributed by atoms with Crippen LogP contribution in [0.25, 0.3) is 0 Å². The minimum absolute atomic E-state index is 0.0356. The molecule has 1 unspecified atom stereocenters. The summed E-state index contributed by atoms with van der Waals surface area (Å²) in [5, 5.41) is 5.13. The highest BCUT2D eigenvalue weighted by atomic mass is 35.5. The Morgan fingerprint density at radius 3 is 2.68 bits per heavy atom. The summed E-state index contributed by atoms with van der Waals surface area (Å²) in [4.78, 5) is 36.3. The average molecular weight is 285 g/mol. The minimum atomic E-state index is -0.550. The van der Waals surface area contributed by atoms with E-state index in [-0.39, 0.29) is 29.5 Å². The van der Waals surface area contributed by atoms with Crippen molar-refractivity contribution in [3.05, 3.63) is 5.28 Å². The van der Waals surface area contributed by atoms with Gasteiger partial charge >= 0.3 is 0 Å². The Labute approximate surface area is 114 Å². The van der Waals surface area contributed by atoms with E-state index in [2.05, 4.69) is 25.6 Å². The van der Waals surface area contributed by atoms with Gasteiger partial charge in [-0.2, -0.15) is 15.0 Å². The van der Waals surface area contributed by atoms with Gasteiger partial charge in [-0.15, -0.1) is 0 Å². The molecule has 9 heteroatoms. The van der Waals surface area contributed by atoms with Crippen molar-refractivity contribution in [1.82, 2.24) is 20.3 Å². The summed E-state index contributed by atoms with van der Waals surface area (Å²) >= 11 is 5.79. The third-order valence-electron chi connectivity index (χ3n) is 2.54. The lowest BCUT2D eigenvalue weighted by atomic mass is 10.1. The monoisotopic (exact) mass is 284 g/mol. The topological polar surface area (TPSA) is 100 Å². The van der Waals surface area contributed by atoms with Crippen molar-refractivity contribution in [3.8, 4) is 0 Å². The molecule has 0 aromatic carbocycles. The van der Waals surface area contributed by atoms with E-state index in [1.54, 1.807) is 19.0 Å². The third kappa shape index (κ3) is 3.28. The molecule has 102 valence electrons. The Morgan fingerprint density at radius 2 is 2.05 bits per heavy atom. The van der Waals surface area contributed by atoms with Crippen molar-refractivity contribution in [2.75, 3.05) is 24.3 Å². The van der Waals surface area contributed by atoms with Gasteiger partial charge in [0.2, 0.25) is 29.0 Å². The zero-order valence-corrected chi connectivity index (χ0v) is 11.2. The Morgan fingerprint density at radius 1 is 1.32 bits per heavy atom. The highest BCUT2D eigenvalue weighted by molar-refractivity contribution is 6.28. The summed E-state index contributed by atoms with van der Waals surface area (Å²) in [6.45, 7) is 0. The molecule has 2 amide bonds. The molecule has 1 aromatic rings. The fourth-order valence-corrected chi connectivity index (χ4v) is 1.75. The number of nitrogens with zero attached hydrogens (tertiary/aromatic N) is 4. The molecule has 0 spiro atoms. The van der Waals surface area contributed by atoms with Crippen LogP contribution in [0.5, 0.6) is 0 Å². The van der Waals surface area contributed by atoms with Crippen molar-refractivity contribution >= 4 is 35.3 Å². The van der Waals surface area contributed by atoms with Gasteiger partial charge in [-0.3, -0.25) is 14.9 Å². The van der Waals surface area contributed by atoms with E-state index >= 15 is 0 Å². The number of hydrogen-bond acceptors (Lipinski definition) is 7. The van der Waals surface area contributed by atoms with Gasteiger partial charge in [-0.25, -0.2) is 0 Å². The molecule has 1 fully saturated rings. The first-order valence-electron chi connectivity index (χ1n) is 5.65. The maximum atomic E-state index is 11.6. The van der Waals surface area contributed by atoms with Crippen LogP contribution in [0.3, 0.4) is 0 Å². The second kappa shape index (κ2) is 5.35. The van der Waals surface area contributed by atoms with E-state index in [4.69, 9.17) is 11.6 Å². The number of hydrogen-bond donors (Lipinski definition) is 2. The van der Waals surface area contributed by atoms with Gasteiger partial charge in [0.05, 0.1) is 0 Å². The molecule has 0 bridgehead atoms. The zero-order chi connectivity index (χ0) is 14.0. The predicted molar refractivity (Wildman–Crippen MR) is 69.0 cm³/mol. The summed E-state index contributed by atoms with van der Waals surface area (Å²) in [7, 11) is 3.53. The van der Waals surface area contributed by atoms with Gasteiger partial charge < -0.3 is 10.2 Å². The van der Waals surface area contributed by atoms with Crippen LogP contribution in [0.15, 0.2) is 0 Å². The maximum Gasteiger partial charge on any atom is 0.249 e. The molecule has 8 nitrogen and oxygen atoms in total. The normalized spacial score (nSPS) is 19.0. The van der Waals surface area contributed by atoms with Gasteiger partial charge in [-0.1, -0.05) is 0 Å². The summed E-state index contributed by atoms with van der Waals surface area (Å²) in [5.74, 6) is -0.0714. The van der Waals surface area contributed by atoms with Gasteiger partial charge in [0, 0.05) is 20.5 Å². The first-order chi connectivity index (χ1) is 8.95. The molecule has 2 rings (SSSR count). The minimum Gasteiger partial charge on any atom is -0.347 e. The lowest BCUT2D eigenvalue weighted by Gasteiger charge is -2.22. The maximum absolute atomic E-state index is 11.6. The molecular weight excluding hydrogens is 272 g/mol. The fourth-order valence-electron chi connectivity index (χ4n) is 1.59. The standard InChI is InChI=1S/C10H13ClN6O2/c1-17(2)10-15-8(11)14-9(16-10)12-5-3-4-6(18)13-7(5)19/h5H,3-4H2,1-2H3,(H,13,18,19)(H,12,14,15,16). The first-order valence-corrected chi connectivity index (χ1v) is 6.02. The molecule has 1 aliphatic heterocycles. The SMILES string of the molecule is CN(C)c1nc(Cl)nc(NC2CCC(=O)NC2=O)n1. The van der Waals surface area contributed by atoms with Gasteiger partial charge in [0.15, 0.2) is 0 Å². The number of amides is 2. The summed E-state index contributed by atoms with van der Waals surface area (Å²) in [5.41, 5.74) is 0. The van der Waals surface area contributed by atoms with Crippen molar-refractivity contribution in [3.63, 3.8) is 0 Å². The zero-order valence-electron chi connectivity index (χ0n) is 10.5. The number of anilines is 2. The highest BCUT2D eigenvalue weighted by Gasteiger charge is 2.27. The summed E-state index contributed by atoms with van der Waals surface area (Å²) in [6, 6.07) is -0.550. The molecule has 0 radical (unpaired) electrons. The van der Waals surface area contributed by atoms with Crippen LogP contribution in [0.4, 0.5) is 11.9 Å². The molecule has 2 heterocycles. The number of aromatic nitrogens is 3. The number of piperidine rings is 1. The number of nitrogens with one attached hydrogen (secondary N) is 2. The van der Waals surface area contributed by atoms with Crippen molar-refractivity contribution in [2.45, 2.75) is 18.9 Å². The smallest absolute Gasteiger partial charge is 0.249 e. The lowest BCUT2D eigenvalue weighted by molar-refractivity contribution is -0.133. The highest BCUT2D eigenvalue weighted by Crippen LogP contribution is 2.14. The van der Waals surface area contributed by atoms with Crippen LogP contribution in [-0.4, -0.2) is 46.9 Å². The van der Waals surface area contributed by atoms with E-state index in [1.165, 1.54) is 0 Å². The summed E-state index contributed by atoms with van der Waals surface area (Å²) < 4.78 is 0. The van der Waals surface area contributed by atoms with E-state index in [1.807, 2.05) is 0 Å². The molecular formula is C10H13ClN6O2.